The minimum atomic E-state index is 0.593. The lowest BCUT2D eigenvalue weighted by Crippen LogP contribution is -2.00. The smallest absolute Gasteiger partial charge is 0.164 e. The third-order valence-electron chi connectivity index (χ3n) is 10.6. The lowest BCUT2D eigenvalue weighted by molar-refractivity contribution is 0.669. The molecular weight excluding hydrogens is 685 g/mol. The zero-order chi connectivity index (χ0) is 37.0. The standard InChI is InChI=1S/C51H32N4O/c1-5-15-33(16-6-1)38-27-39(34-17-7-2-8-18-34)29-40(28-38)55-45-24-14-13-23-41(45)43-32-48-44(31-46(43)55)42-26-25-37(30-47(42)56-48)51-53-49(35-19-9-3-10-20-35)52-50(54-51)36-21-11-4-12-22-36/h1-32H. The Hall–Kier alpha value is -7.63. The molecular formula is C51H32N4O. The van der Waals surface area contributed by atoms with Crippen LogP contribution < -0.4 is 0 Å². The molecule has 8 aromatic carbocycles. The maximum absolute atomic E-state index is 6.69. The van der Waals surface area contributed by atoms with E-state index in [1.807, 2.05) is 60.7 Å². The first-order valence-electron chi connectivity index (χ1n) is 18.8. The van der Waals surface area contributed by atoms with Crippen molar-refractivity contribution in [1.29, 1.82) is 0 Å². The van der Waals surface area contributed by atoms with E-state index in [-0.39, 0.29) is 0 Å². The van der Waals surface area contributed by atoms with Gasteiger partial charge in [-0.1, -0.05) is 146 Å². The number of hydrogen-bond donors (Lipinski definition) is 0. The molecule has 11 aromatic rings. The summed E-state index contributed by atoms with van der Waals surface area (Å²) < 4.78 is 9.09. The molecule has 0 N–H and O–H groups in total. The molecule has 3 aromatic heterocycles. The Kier molecular flexibility index (Phi) is 7.42. The predicted molar refractivity (Wildman–Crippen MR) is 229 cm³/mol. The Morgan fingerprint density at radius 3 is 1.39 bits per heavy atom. The van der Waals surface area contributed by atoms with E-state index in [1.54, 1.807) is 0 Å². The fraction of sp³-hybridized carbons (Fsp3) is 0. The molecule has 0 aliphatic heterocycles. The van der Waals surface area contributed by atoms with Crippen molar-refractivity contribution in [3.8, 4) is 62.1 Å². The van der Waals surface area contributed by atoms with Gasteiger partial charge in [-0.3, -0.25) is 0 Å². The van der Waals surface area contributed by atoms with Gasteiger partial charge in [0, 0.05) is 43.9 Å². The number of benzene rings is 8. The molecule has 262 valence electrons. The van der Waals surface area contributed by atoms with Crippen molar-refractivity contribution < 1.29 is 4.42 Å². The molecule has 0 fully saturated rings. The van der Waals surface area contributed by atoms with Crippen LogP contribution in [0.15, 0.2) is 199 Å². The molecule has 0 aliphatic rings. The third kappa shape index (κ3) is 5.45. The van der Waals surface area contributed by atoms with E-state index in [2.05, 4.69) is 138 Å². The highest BCUT2D eigenvalue weighted by atomic mass is 16.3. The molecule has 5 heteroatoms. The number of furan rings is 1. The quantitative estimate of drug-likeness (QED) is 0.172. The van der Waals surface area contributed by atoms with Crippen LogP contribution in [0.4, 0.5) is 0 Å². The van der Waals surface area contributed by atoms with Gasteiger partial charge < -0.3 is 8.98 Å². The van der Waals surface area contributed by atoms with E-state index < -0.39 is 0 Å². The molecule has 11 rings (SSSR count). The Labute approximate surface area is 322 Å². The molecule has 0 aliphatic carbocycles. The summed E-state index contributed by atoms with van der Waals surface area (Å²) in [6.07, 6.45) is 0. The lowest BCUT2D eigenvalue weighted by atomic mass is 9.98. The van der Waals surface area contributed by atoms with Crippen molar-refractivity contribution in [2.24, 2.45) is 0 Å². The van der Waals surface area contributed by atoms with Gasteiger partial charge in [-0.15, -0.1) is 0 Å². The number of aromatic nitrogens is 4. The monoisotopic (exact) mass is 716 g/mol. The van der Waals surface area contributed by atoms with E-state index in [9.17, 15) is 0 Å². The molecule has 0 unspecified atom stereocenters. The van der Waals surface area contributed by atoms with Crippen molar-refractivity contribution in [2.75, 3.05) is 0 Å². The highest BCUT2D eigenvalue weighted by Gasteiger charge is 2.19. The fourth-order valence-corrected chi connectivity index (χ4v) is 7.93. The summed E-state index contributed by atoms with van der Waals surface area (Å²) in [6.45, 7) is 0. The molecule has 0 spiro atoms. The van der Waals surface area contributed by atoms with Gasteiger partial charge in [0.25, 0.3) is 0 Å². The first kappa shape index (κ1) is 31.9. The third-order valence-corrected chi connectivity index (χ3v) is 10.6. The molecule has 0 atom stereocenters. The van der Waals surface area contributed by atoms with Gasteiger partial charge in [0.2, 0.25) is 0 Å². The molecule has 0 amide bonds. The van der Waals surface area contributed by atoms with Gasteiger partial charge in [-0.2, -0.15) is 0 Å². The predicted octanol–water partition coefficient (Wildman–Crippen LogP) is 13.2. The second-order valence-corrected chi connectivity index (χ2v) is 14.1. The second-order valence-electron chi connectivity index (χ2n) is 14.1. The zero-order valence-electron chi connectivity index (χ0n) is 30.2. The van der Waals surface area contributed by atoms with Gasteiger partial charge >= 0.3 is 0 Å². The number of fused-ring (bicyclic) bond motifs is 6. The van der Waals surface area contributed by atoms with Gasteiger partial charge in [0.1, 0.15) is 11.2 Å². The summed E-state index contributed by atoms with van der Waals surface area (Å²) in [4.78, 5) is 14.8. The van der Waals surface area contributed by atoms with Crippen LogP contribution >= 0.6 is 0 Å². The SMILES string of the molecule is c1ccc(-c2cc(-c3ccccc3)cc(-n3c4ccccc4c4cc5oc6cc(-c7nc(-c8ccccc8)nc(-c8ccccc8)n7)ccc6c5cc43)c2)cc1. The van der Waals surface area contributed by atoms with Crippen molar-refractivity contribution in [3.05, 3.63) is 194 Å². The molecule has 3 heterocycles. The number of rotatable bonds is 6. The summed E-state index contributed by atoms with van der Waals surface area (Å²) in [5.74, 6) is 1.84. The van der Waals surface area contributed by atoms with E-state index in [0.717, 1.165) is 60.7 Å². The molecule has 0 saturated carbocycles. The molecule has 56 heavy (non-hydrogen) atoms. The highest BCUT2D eigenvalue weighted by molar-refractivity contribution is 6.17. The second kappa shape index (κ2) is 13.0. The summed E-state index contributed by atoms with van der Waals surface area (Å²) in [6, 6.07) is 67.6. The Balaban J connectivity index is 1.10. The minimum Gasteiger partial charge on any atom is -0.456 e. The molecule has 5 nitrogen and oxygen atoms in total. The van der Waals surface area contributed by atoms with Gasteiger partial charge in [-0.25, -0.2) is 15.0 Å². The van der Waals surface area contributed by atoms with Crippen LogP contribution in [0, 0.1) is 0 Å². The summed E-state index contributed by atoms with van der Waals surface area (Å²) in [5, 5.41) is 4.39. The zero-order valence-corrected chi connectivity index (χ0v) is 30.2. The van der Waals surface area contributed by atoms with Crippen molar-refractivity contribution in [3.63, 3.8) is 0 Å². The van der Waals surface area contributed by atoms with Crippen molar-refractivity contribution in [1.82, 2.24) is 19.5 Å². The topological polar surface area (TPSA) is 56.7 Å². The lowest BCUT2D eigenvalue weighted by Gasteiger charge is -2.14. The average molecular weight is 717 g/mol. The van der Waals surface area contributed by atoms with Gasteiger partial charge in [0.05, 0.1) is 11.0 Å². The van der Waals surface area contributed by atoms with Crippen LogP contribution in [0.3, 0.4) is 0 Å². The number of para-hydroxylation sites is 1. The normalized spacial score (nSPS) is 11.6. The van der Waals surface area contributed by atoms with Gasteiger partial charge in [0.15, 0.2) is 17.5 Å². The minimum absolute atomic E-state index is 0.593. The molecule has 0 radical (unpaired) electrons. The van der Waals surface area contributed by atoms with Crippen LogP contribution in [-0.2, 0) is 0 Å². The van der Waals surface area contributed by atoms with Gasteiger partial charge in [-0.05, 0) is 70.8 Å². The number of hydrogen-bond acceptors (Lipinski definition) is 4. The van der Waals surface area contributed by atoms with E-state index >= 15 is 0 Å². The van der Waals surface area contributed by atoms with E-state index in [4.69, 9.17) is 19.4 Å². The highest BCUT2D eigenvalue weighted by Crippen LogP contribution is 2.40. The maximum Gasteiger partial charge on any atom is 0.164 e. The van der Waals surface area contributed by atoms with Crippen LogP contribution in [0.2, 0.25) is 0 Å². The summed E-state index contributed by atoms with van der Waals surface area (Å²) in [5.41, 5.74) is 12.4. The first-order valence-corrected chi connectivity index (χ1v) is 18.8. The van der Waals surface area contributed by atoms with Crippen molar-refractivity contribution >= 4 is 43.7 Å². The maximum atomic E-state index is 6.69. The van der Waals surface area contributed by atoms with Crippen LogP contribution in [0.25, 0.3) is 106 Å². The summed E-state index contributed by atoms with van der Waals surface area (Å²) in [7, 11) is 0. The summed E-state index contributed by atoms with van der Waals surface area (Å²) >= 11 is 0. The van der Waals surface area contributed by atoms with E-state index in [0.29, 0.717) is 17.5 Å². The van der Waals surface area contributed by atoms with Crippen molar-refractivity contribution in [2.45, 2.75) is 0 Å². The molecule has 0 saturated heterocycles. The fourth-order valence-electron chi connectivity index (χ4n) is 7.93. The Morgan fingerprint density at radius 2 is 0.804 bits per heavy atom. The largest absolute Gasteiger partial charge is 0.456 e. The van der Waals surface area contributed by atoms with Crippen LogP contribution in [-0.4, -0.2) is 19.5 Å². The molecule has 0 bridgehead atoms. The van der Waals surface area contributed by atoms with E-state index in [1.165, 1.54) is 27.6 Å². The Morgan fingerprint density at radius 1 is 0.304 bits per heavy atom. The number of nitrogens with zero attached hydrogens (tertiary/aromatic N) is 4. The Bertz CT molecular complexity index is 3110. The average Bonchev–Trinajstić information content (AvgIpc) is 3.80. The van der Waals surface area contributed by atoms with Crippen LogP contribution in [0.1, 0.15) is 0 Å². The van der Waals surface area contributed by atoms with Crippen LogP contribution in [0.5, 0.6) is 0 Å². The first-order chi connectivity index (χ1) is 27.7.